The highest BCUT2D eigenvalue weighted by Gasteiger charge is 2.33. The Balaban J connectivity index is 1.85. The largest absolute Gasteiger partial charge is 0.493 e. The van der Waals surface area contributed by atoms with Gasteiger partial charge in [0.05, 0.1) is 29.3 Å². The molecule has 0 spiro atoms. The Morgan fingerprint density at radius 3 is 2.62 bits per heavy atom. The van der Waals surface area contributed by atoms with Crippen molar-refractivity contribution >= 4 is 51.9 Å². The molecule has 9 heteroatoms. The van der Waals surface area contributed by atoms with E-state index in [4.69, 9.17) is 32.1 Å². The molecule has 2 aromatic carbocycles. The fraction of sp³-hybridized carbons (Fsp3) is 0.100. The summed E-state index contributed by atoms with van der Waals surface area (Å²) in [6.07, 6.45) is 1.67. The lowest BCUT2D eigenvalue weighted by Crippen LogP contribution is -2.27. The van der Waals surface area contributed by atoms with Gasteiger partial charge in [0.2, 0.25) is 0 Å². The number of carbonyl (C=O) groups excluding carboxylic acids is 1. The minimum absolute atomic E-state index is 0.269. The van der Waals surface area contributed by atoms with E-state index in [1.807, 2.05) is 6.07 Å². The number of carboxylic acids is 1. The molecule has 1 heterocycles. The van der Waals surface area contributed by atoms with Gasteiger partial charge in [0.1, 0.15) is 0 Å². The molecule has 0 aliphatic carbocycles. The van der Waals surface area contributed by atoms with Gasteiger partial charge in [-0.25, -0.2) is 4.79 Å². The first-order chi connectivity index (χ1) is 13.9. The lowest BCUT2D eigenvalue weighted by molar-refractivity contribution is -0.139. The third kappa shape index (κ3) is 4.56. The molecule has 1 aliphatic rings. The van der Waals surface area contributed by atoms with E-state index >= 15 is 0 Å². The molecule has 1 saturated heterocycles. The quantitative estimate of drug-likeness (QED) is 0.554. The molecular weight excluding hydrogens is 412 g/mol. The maximum Gasteiger partial charge on any atom is 0.341 e. The average molecular weight is 426 g/mol. The van der Waals surface area contributed by atoms with Crippen LogP contribution in [0, 0.1) is 11.3 Å². The van der Waals surface area contributed by atoms with Gasteiger partial charge in [-0.2, -0.15) is 5.26 Å². The number of thioether (sulfide) groups is 1. The zero-order valence-corrected chi connectivity index (χ0v) is 16.8. The Kier molecular flexibility index (Phi) is 6.16. The van der Waals surface area contributed by atoms with Crippen LogP contribution >= 0.6 is 24.0 Å². The Labute approximate surface area is 176 Å². The Hall–Kier alpha value is -3.35. The Morgan fingerprint density at radius 2 is 2.00 bits per heavy atom. The third-order valence-electron chi connectivity index (χ3n) is 3.88. The zero-order chi connectivity index (χ0) is 21.0. The number of nitriles is 1. The highest BCUT2D eigenvalue weighted by Crippen LogP contribution is 2.37. The van der Waals surface area contributed by atoms with Crippen LogP contribution in [-0.2, 0) is 9.59 Å². The maximum atomic E-state index is 12.8. The summed E-state index contributed by atoms with van der Waals surface area (Å²) < 4.78 is 10.8. The average Bonchev–Trinajstić information content (AvgIpc) is 2.99. The Morgan fingerprint density at radius 1 is 1.28 bits per heavy atom. The summed E-state index contributed by atoms with van der Waals surface area (Å²) in [4.78, 5) is 25.4. The van der Waals surface area contributed by atoms with Crippen molar-refractivity contribution in [1.82, 2.24) is 0 Å². The molecule has 7 nitrogen and oxygen atoms in total. The smallest absolute Gasteiger partial charge is 0.341 e. The number of carboxylic acid groups (broad SMARTS) is 1. The number of benzene rings is 2. The summed E-state index contributed by atoms with van der Waals surface area (Å²) in [5.41, 5.74) is 1.75. The summed E-state index contributed by atoms with van der Waals surface area (Å²) in [5, 5.41) is 17.6. The zero-order valence-electron chi connectivity index (χ0n) is 15.1. The fourth-order valence-electron chi connectivity index (χ4n) is 2.56. The minimum atomic E-state index is -1.09. The van der Waals surface area contributed by atoms with Crippen molar-refractivity contribution < 1.29 is 24.2 Å². The molecule has 1 N–H and O–H groups in total. The van der Waals surface area contributed by atoms with E-state index in [9.17, 15) is 9.59 Å². The van der Waals surface area contributed by atoms with Crippen molar-refractivity contribution in [2.45, 2.75) is 0 Å². The molecule has 0 saturated carbocycles. The van der Waals surface area contributed by atoms with E-state index in [2.05, 4.69) is 0 Å². The number of aliphatic carboxylic acids is 1. The number of nitrogens with zero attached hydrogens (tertiary/aromatic N) is 2. The monoisotopic (exact) mass is 426 g/mol. The number of rotatable bonds is 6. The molecule has 0 unspecified atom stereocenters. The summed E-state index contributed by atoms with van der Waals surface area (Å²) in [7, 11) is 1.44. The predicted octanol–water partition coefficient (Wildman–Crippen LogP) is 3.44. The standard InChI is InChI=1S/C20H14N2O5S2/c1-26-16-8-13(4-7-15(16)27-11-18(23)24)9-17-19(25)22(20(28)29-17)14-5-2-12(10-21)3-6-14/h2-9H,11H2,1H3,(H,23,24)/b17-9+. The van der Waals surface area contributed by atoms with Crippen LogP contribution in [-0.4, -0.2) is 35.0 Å². The van der Waals surface area contributed by atoms with Gasteiger partial charge < -0.3 is 14.6 Å². The van der Waals surface area contributed by atoms with Gasteiger partial charge in [-0.3, -0.25) is 9.69 Å². The number of anilines is 1. The molecule has 0 bridgehead atoms. The van der Waals surface area contributed by atoms with Crippen molar-refractivity contribution in [3.63, 3.8) is 0 Å². The molecule has 1 fully saturated rings. The maximum absolute atomic E-state index is 12.8. The lowest BCUT2D eigenvalue weighted by atomic mass is 10.1. The first-order valence-electron chi connectivity index (χ1n) is 8.23. The summed E-state index contributed by atoms with van der Waals surface area (Å²) >= 11 is 6.51. The highest BCUT2D eigenvalue weighted by atomic mass is 32.2. The number of thiocarbonyl (C=S) groups is 1. The summed E-state index contributed by atoms with van der Waals surface area (Å²) in [5.74, 6) is -0.725. The van der Waals surface area contributed by atoms with E-state index in [-0.39, 0.29) is 11.7 Å². The van der Waals surface area contributed by atoms with E-state index in [1.165, 1.54) is 23.8 Å². The lowest BCUT2D eigenvalue weighted by Gasteiger charge is -2.14. The topological polar surface area (TPSA) is 99.9 Å². The van der Waals surface area contributed by atoms with Crippen LogP contribution in [0.25, 0.3) is 6.08 Å². The van der Waals surface area contributed by atoms with Gasteiger partial charge in [0.15, 0.2) is 22.4 Å². The van der Waals surface area contributed by atoms with E-state index in [0.29, 0.717) is 31.8 Å². The van der Waals surface area contributed by atoms with Gasteiger partial charge in [-0.05, 0) is 48.0 Å². The number of hydrogen-bond donors (Lipinski definition) is 1. The number of methoxy groups -OCH3 is 1. The van der Waals surface area contributed by atoms with Crippen LogP contribution in [0.5, 0.6) is 11.5 Å². The SMILES string of the molecule is COc1cc(/C=C2/SC(=S)N(c3ccc(C#N)cc3)C2=O)ccc1OCC(=O)O. The molecule has 2 aromatic rings. The second-order valence-corrected chi connectivity index (χ2v) is 7.44. The molecule has 146 valence electrons. The molecule has 0 aromatic heterocycles. The highest BCUT2D eigenvalue weighted by molar-refractivity contribution is 8.27. The number of hydrogen-bond acceptors (Lipinski definition) is 7. The minimum Gasteiger partial charge on any atom is -0.493 e. The van der Waals surface area contributed by atoms with Crippen LogP contribution in [0.4, 0.5) is 5.69 Å². The molecule has 1 amide bonds. The normalized spacial score (nSPS) is 14.8. The molecule has 0 radical (unpaired) electrons. The molecule has 1 aliphatic heterocycles. The fourth-order valence-corrected chi connectivity index (χ4v) is 3.86. The van der Waals surface area contributed by atoms with Gasteiger partial charge in [-0.1, -0.05) is 30.0 Å². The van der Waals surface area contributed by atoms with Gasteiger partial charge in [0.25, 0.3) is 5.91 Å². The summed E-state index contributed by atoms with van der Waals surface area (Å²) in [6.45, 7) is -0.487. The van der Waals surface area contributed by atoms with E-state index in [1.54, 1.807) is 48.5 Å². The third-order valence-corrected chi connectivity index (χ3v) is 5.19. The first-order valence-corrected chi connectivity index (χ1v) is 9.46. The number of amides is 1. The molecule has 0 atom stereocenters. The van der Waals surface area contributed by atoms with Crippen LogP contribution in [0.1, 0.15) is 11.1 Å². The molecule has 29 heavy (non-hydrogen) atoms. The van der Waals surface area contributed by atoms with Gasteiger partial charge >= 0.3 is 5.97 Å². The Bertz CT molecular complexity index is 1060. The van der Waals surface area contributed by atoms with E-state index < -0.39 is 12.6 Å². The van der Waals surface area contributed by atoms with Crippen LogP contribution in [0.2, 0.25) is 0 Å². The van der Waals surface area contributed by atoms with Crippen LogP contribution in [0.15, 0.2) is 47.4 Å². The number of ether oxygens (including phenoxy) is 2. The molecular formula is C20H14N2O5S2. The second-order valence-electron chi connectivity index (χ2n) is 5.77. The van der Waals surface area contributed by atoms with Crippen molar-refractivity contribution in [2.75, 3.05) is 18.6 Å². The van der Waals surface area contributed by atoms with Crippen LogP contribution in [0.3, 0.4) is 0 Å². The predicted molar refractivity (Wildman–Crippen MR) is 113 cm³/mol. The summed E-state index contributed by atoms with van der Waals surface area (Å²) in [6, 6.07) is 13.5. The van der Waals surface area contributed by atoms with Gasteiger partial charge in [-0.15, -0.1) is 0 Å². The number of carbonyl (C=O) groups is 2. The van der Waals surface area contributed by atoms with Crippen molar-refractivity contribution in [1.29, 1.82) is 5.26 Å². The van der Waals surface area contributed by atoms with Crippen molar-refractivity contribution in [3.8, 4) is 17.6 Å². The van der Waals surface area contributed by atoms with Crippen molar-refractivity contribution in [2.24, 2.45) is 0 Å². The van der Waals surface area contributed by atoms with Crippen LogP contribution < -0.4 is 14.4 Å². The van der Waals surface area contributed by atoms with E-state index in [0.717, 1.165) is 0 Å². The second kappa shape index (κ2) is 8.77. The van der Waals surface area contributed by atoms with Crippen molar-refractivity contribution in [3.05, 3.63) is 58.5 Å². The first kappa shape index (κ1) is 20.4. The van der Waals surface area contributed by atoms with Gasteiger partial charge in [0, 0.05) is 0 Å². The molecule has 3 rings (SSSR count).